The molecular weight excluding hydrogens is 366 g/mol. The van der Waals surface area contributed by atoms with Crippen LogP contribution in [0.5, 0.6) is 11.5 Å². The van der Waals surface area contributed by atoms with E-state index in [-0.39, 0.29) is 11.9 Å². The lowest BCUT2D eigenvalue weighted by Gasteiger charge is -2.42. The molecule has 1 unspecified atom stereocenters. The third-order valence-corrected chi connectivity index (χ3v) is 5.61. The normalized spacial score (nSPS) is 19.8. The van der Waals surface area contributed by atoms with Gasteiger partial charge in [0.15, 0.2) is 11.5 Å². The number of benzene rings is 2. The number of nitrogens with two attached hydrogens (primary N) is 1. The van der Waals surface area contributed by atoms with E-state index in [0.717, 1.165) is 56.1 Å². The zero-order valence-corrected chi connectivity index (χ0v) is 16.9. The van der Waals surface area contributed by atoms with Crippen molar-refractivity contribution in [1.82, 2.24) is 4.90 Å². The van der Waals surface area contributed by atoms with Gasteiger partial charge in [-0.15, -0.1) is 0 Å². The fourth-order valence-corrected chi connectivity index (χ4v) is 3.94. The van der Waals surface area contributed by atoms with E-state index in [1.807, 2.05) is 12.1 Å². The Morgan fingerprint density at radius 2 is 1.90 bits per heavy atom. The third kappa shape index (κ3) is 5.01. The lowest BCUT2D eigenvalue weighted by atomic mass is 10.0. The number of carbonyl (C=O) groups excluding carboxylic acids is 1. The van der Waals surface area contributed by atoms with Crippen molar-refractivity contribution >= 4 is 11.6 Å². The van der Waals surface area contributed by atoms with Crippen molar-refractivity contribution in [3.8, 4) is 11.5 Å². The highest BCUT2D eigenvalue weighted by atomic mass is 16.5. The molecule has 0 bridgehead atoms. The number of piperazine rings is 1. The third-order valence-electron chi connectivity index (χ3n) is 5.61. The molecule has 2 fully saturated rings. The van der Waals surface area contributed by atoms with Gasteiger partial charge in [-0.25, -0.2) is 0 Å². The van der Waals surface area contributed by atoms with Crippen LogP contribution in [-0.2, 0) is 11.2 Å². The molecule has 1 aliphatic heterocycles. The summed E-state index contributed by atoms with van der Waals surface area (Å²) < 4.78 is 11.5. The molecule has 154 valence electrons. The zero-order valence-electron chi connectivity index (χ0n) is 16.9. The number of ether oxygens (including phenoxy) is 2. The van der Waals surface area contributed by atoms with Gasteiger partial charge < -0.3 is 20.1 Å². The number of amides is 1. The van der Waals surface area contributed by atoms with E-state index in [9.17, 15) is 4.79 Å². The second kappa shape index (κ2) is 8.74. The van der Waals surface area contributed by atoms with Gasteiger partial charge in [-0.1, -0.05) is 30.3 Å². The predicted octanol–water partition coefficient (Wildman–Crippen LogP) is 2.46. The topological polar surface area (TPSA) is 68.0 Å². The summed E-state index contributed by atoms with van der Waals surface area (Å²) >= 11 is 0. The smallest absolute Gasteiger partial charge is 0.231 e. The maximum Gasteiger partial charge on any atom is 0.231 e. The van der Waals surface area contributed by atoms with Crippen LogP contribution in [0, 0.1) is 0 Å². The molecule has 2 N–H and O–H groups in total. The average molecular weight is 396 g/mol. The maximum absolute atomic E-state index is 11.6. The van der Waals surface area contributed by atoms with Crippen molar-refractivity contribution in [3.05, 3.63) is 54.1 Å². The minimum atomic E-state index is -0.277. The van der Waals surface area contributed by atoms with Crippen molar-refractivity contribution < 1.29 is 14.3 Å². The first-order valence-corrected chi connectivity index (χ1v) is 10.3. The van der Waals surface area contributed by atoms with Crippen molar-refractivity contribution in [2.75, 3.05) is 38.2 Å². The molecule has 0 spiro atoms. The molecule has 1 saturated heterocycles. The van der Waals surface area contributed by atoms with Gasteiger partial charge in [0.25, 0.3) is 0 Å². The molecule has 29 heavy (non-hydrogen) atoms. The van der Waals surface area contributed by atoms with Gasteiger partial charge in [0.05, 0.1) is 19.8 Å². The fraction of sp³-hybridized carbons (Fsp3) is 0.435. The summed E-state index contributed by atoms with van der Waals surface area (Å²) in [4.78, 5) is 16.1. The molecule has 1 aliphatic carbocycles. The molecule has 6 nitrogen and oxygen atoms in total. The molecule has 2 aliphatic rings. The molecular formula is C23H29N3O3. The number of hydrogen-bond donors (Lipinski definition) is 1. The number of carbonyl (C=O) groups is 1. The van der Waals surface area contributed by atoms with Crippen LogP contribution >= 0.6 is 0 Å². The van der Waals surface area contributed by atoms with Crippen molar-refractivity contribution in [1.29, 1.82) is 0 Å². The van der Waals surface area contributed by atoms with E-state index in [1.165, 1.54) is 5.56 Å². The quantitative estimate of drug-likeness (QED) is 0.744. The van der Waals surface area contributed by atoms with Crippen LogP contribution in [0.2, 0.25) is 0 Å². The Morgan fingerprint density at radius 1 is 1.10 bits per heavy atom. The van der Waals surface area contributed by atoms with E-state index < -0.39 is 0 Å². The van der Waals surface area contributed by atoms with Crippen LogP contribution in [0.1, 0.15) is 18.4 Å². The summed E-state index contributed by atoms with van der Waals surface area (Å²) in [7, 11) is 1.67. The van der Waals surface area contributed by atoms with Crippen LogP contribution in [0.25, 0.3) is 0 Å². The van der Waals surface area contributed by atoms with E-state index in [0.29, 0.717) is 12.6 Å². The van der Waals surface area contributed by atoms with Crippen LogP contribution in [0.15, 0.2) is 48.5 Å². The number of rotatable bonds is 8. The molecule has 0 radical (unpaired) electrons. The Balaban J connectivity index is 1.53. The minimum Gasteiger partial charge on any atom is -0.493 e. The summed E-state index contributed by atoms with van der Waals surface area (Å²) in [6, 6.07) is 16.8. The SMILES string of the molecule is COc1ccc(N2CCN(CC(N)=O)C(Cc3ccccc3)C2)cc1OC1CC1. The first kappa shape index (κ1) is 19.6. The Morgan fingerprint density at radius 3 is 2.59 bits per heavy atom. The van der Waals surface area contributed by atoms with Crippen LogP contribution in [0.4, 0.5) is 5.69 Å². The van der Waals surface area contributed by atoms with Gasteiger partial charge in [-0.2, -0.15) is 0 Å². The lowest BCUT2D eigenvalue weighted by Crippen LogP contribution is -2.56. The van der Waals surface area contributed by atoms with Crippen molar-refractivity contribution in [2.45, 2.75) is 31.4 Å². The first-order valence-electron chi connectivity index (χ1n) is 10.3. The highest BCUT2D eigenvalue weighted by Gasteiger charge is 2.29. The largest absolute Gasteiger partial charge is 0.493 e. The summed E-state index contributed by atoms with van der Waals surface area (Å²) in [6.45, 7) is 2.76. The molecule has 1 atom stereocenters. The van der Waals surface area contributed by atoms with Crippen molar-refractivity contribution in [3.63, 3.8) is 0 Å². The van der Waals surface area contributed by atoms with Crippen LogP contribution in [0.3, 0.4) is 0 Å². The number of primary amides is 1. The molecule has 4 rings (SSSR count). The maximum atomic E-state index is 11.6. The molecule has 1 heterocycles. The van der Waals surface area contributed by atoms with Gasteiger partial charge in [-0.05, 0) is 37.0 Å². The summed E-state index contributed by atoms with van der Waals surface area (Å²) in [6.07, 6.45) is 3.42. The Bertz CT molecular complexity index is 839. The standard InChI is InChI=1S/C23H29N3O3/c1-28-21-10-7-18(14-22(21)29-20-8-9-20)25-11-12-26(16-23(24)27)19(15-25)13-17-5-3-2-4-6-17/h2-7,10,14,19-20H,8-9,11-13,15-16H2,1H3,(H2,24,27). The van der Waals surface area contributed by atoms with Gasteiger partial charge in [-0.3, -0.25) is 9.69 Å². The molecule has 6 heteroatoms. The number of hydrogen-bond acceptors (Lipinski definition) is 5. The number of methoxy groups -OCH3 is 1. The molecule has 0 aromatic heterocycles. The van der Waals surface area contributed by atoms with Crippen LogP contribution < -0.4 is 20.1 Å². The molecule has 2 aromatic carbocycles. The number of anilines is 1. The second-order valence-corrected chi connectivity index (χ2v) is 7.88. The summed E-state index contributed by atoms with van der Waals surface area (Å²) in [5.74, 6) is 1.31. The highest BCUT2D eigenvalue weighted by Crippen LogP contribution is 2.37. The Kier molecular flexibility index (Phi) is 5.90. The van der Waals surface area contributed by atoms with E-state index in [1.54, 1.807) is 7.11 Å². The van der Waals surface area contributed by atoms with Gasteiger partial charge in [0, 0.05) is 37.4 Å². The summed E-state index contributed by atoms with van der Waals surface area (Å²) in [5, 5.41) is 0. The first-order chi connectivity index (χ1) is 14.1. The lowest BCUT2D eigenvalue weighted by molar-refractivity contribution is -0.119. The fourth-order valence-electron chi connectivity index (χ4n) is 3.94. The van der Waals surface area contributed by atoms with Gasteiger partial charge in [0.2, 0.25) is 5.91 Å². The average Bonchev–Trinajstić information content (AvgIpc) is 3.54. The van der Waals surface area contributed by atoms with E-state index in [2.05, 4.69) is 46.2 Å². The predicted molar refractivity (Wildman–Crippen MR) is 114 cm³/mol. The zero-order chi connectivity index (χ0) is 20.2. The van der Waals surface area contributed by atoms with E-state index >= 15 is 0 Å². The van der Waals surface area contributed by atoms with Crippen LogP contribution in [-0.4, -0.2) is 56.2 Å². The van der Waals surface area contributed by atoms with Crippen molar-refractivity contribution in [2.24, 2.45) is 5.73 Å². The molecule has 1 amide bonds. The van der Waals surface area contributed by atoms with E-state index in [4.69, 9.17) is 15.2 Å². The van der Waals surface area contributed by atoms with Gasteiger partial charge in [0.1, 0.15) is 0 Å². The number of nitrogens with zero attached hydrogens (tertiary/aromatic N) is 2. The summed E-state index contributed by atoms with van der Waals surface area (Å²) in [5.41, 5.74) is 7.89. The highest BCUT2D eigenvalue weighted by molar-refractivity contribution is 5.76. The monoisotopic (exact) mass is 395 g/mol. The Hall–Kier alpha value is -2.73. The Labute approximate surface area is 172 Å². The molecule has 1 saturated carbocycles. The minimum absolute atomic E-state index is 0.216. The molecule has 2 aromatic rings. The second-order valence-electron chi connectivity index (χ2n) is 7.88. The van der Waals surface area contributed by atoms with Gasteiger partial charge >= 0.3 is 0 Å².